The van der Waals surface area contributed by atoms with E-state index in [4.69, 9.17) is 4.74 Å². The molecule has 0 aliphatic rings. The van der Waals surface area contributed by atoms with Gasteiger partial charge in [0.2, 0.25) is 0 Å². The summed E-state index contributed by atoms with van der Waals surface area (Å²) in [4.78, 5) is 11.3. The molecule has 1 aromatic carbocycles. The van der Waals surface area contributed by atoms with Crippen LogP contribution in [0.4, 0.5) is 0 Å². The van der Waals surface area contributed by atoms with Crippen molar-refractivity contribution in [2.24, 2.45) is 0 Å². The fourth-order valence-electron chi connectivity index (χ4n) is 1.30. The number of hydrogen-bond acceptors (Lipinski definition) is 3. The van der Waals surface area contributed by atoms with Crippen molar-refractivity contribution >= 4 is 5.97 Å². The van der Waals surface area contributed by atoms with E-state index in [1.54, 1.807) is 0 Å². The van der Waals surface area contributed by atoms with Crippen molar-refractivity contribution in [3.8, 4) is 0 Å². The molecule has 0 aromatic heterocycles. The first kappa shape index (κ1) is 13.3. The van der Waals surface area contributed by atoms with Crippen LogP contribution in [0.25, 0.3) is 0 Å². The number of carbonyl (C=O) groups is 1. The Morgan fingerprint density at radius 1 is 1.35 bits per heavy atom. The first-order chi connectivity index (χ1) is 8.24. The van der Waals surface area contributed by atoms with E-state index in [9.17, 15) is 9.90 Å². The average molecular weight is 234 g/mol. The molecule has 0 unspecified atom stereocenters. The summed E-state index contributed by atoms with van der Waals surface area (Å²) in [6.07, 6.45) is 3.78. The molecule has 92 valence electrons. The van der Waals surface area contributed by atoms with Crippen molar-refractivity contribution in [3.63, 3.8) is 0 Å². The Labute approximate surface area is 102 Å². The minimum Gasteiger partial charge on any atom is -0.502 e. The molecule has 0 saturated carbocycles. The minimum absolute atomic E-state index is 0.315. The van der Waals surface area contributed by atoms with Gasteiger partial charge in [0.25, 0.3) is 0 Å². The van der Waals surface area contributed by atoms with Crippen LogP contribution in [0.5, 0.6) is 0 Å². The van der Waals surface area contributed by atoms with Crippen LogP contribution in [0.1, 0.15) is 25.3 Å². The summed E-state index contributed by atoms with van der Waals surface area (Å²) < 4.78 is 4.88. The van der Waals surface area contributed by atoms with Gasteiger partial charge in [-0.05, 0) is 24.5 Å². The first-order valence-electron chi connectivity index (χ1n) is 5.84. The Kier molecular flexibility index (Phi) is 5.86. The molecule has 0 aliphatic carbocycles. The number of benzene rings is 1. The summed E-state index contributed by atoms with van der Waals surface area (Å²) in [6.45, 7) is 2.37. The van der Waals surface area contributed by atoms with Gasteiger partial charge >= 0.3 is 5.97 Å². The zero-order valence-corrected chi connectivity index (χ0v) is 10.1. The molecule has 0 bridgehead atoms. The summed E-state index contributed by atoms with van der Waals surface area (Å²) in [5.74, 6) is -0.959. The molecule has 1 rings (SSSR count). The van der Waals surface area contributed by atoms with Crippen LogP contribution in [0.15, 0.2) is 42.2 Å². The van der Waals surface area contributed by atoms with Crippen LogP contribution in [0.2, 0.25) is 0 Å². The smallest absolute Gasteiger partial charge is 0.373 e. The third-order valence-electron chi connectivity index (χ3n) is 2.31. The lowest BCUT2D eigenvalue weighted by Crippen LogP contribution is -2.08. The lowest BCUT2D eigenvalue weighted by molar-refractivity contribution is -0.142. The van der Waals surface area contributed by atoms with Gasteiger partial charge in [-0.1, -0.05) is 43.7 Å². The van der Waals surface area contributed by atoms with Crippen molar-refractivity contribution in [1.29, 1.82) is 0 Å². The predicted octanol–water partition coefficient (Wildman–Crippen LogP) is 3.01. The van der Waals surface area contributed by atoms with Gasteiger partial charge in [0.1, 0.15) is 0 Å². The van der Waals surface area contributed by atoms with E-state index in [0.717, 1.165) is 18.4 Å². The van der Waals surface area contributed by atoms with E-state index in [2.05, 4.69) is 0 Å². The van der Waals surface area contributed by atoms with Gasteiger partial charge in [-0.3, -0.25) is 0 Å². The minimum atomic E-state index is -0.644. The highest BCUT2D eigenvalue weighted by Crippen LogP contribution is 2.03. The molecular formula is C14H18O3. The number of unbranched alkanes of at least 4 members (excludes halogenated alkanes) is 1. The van der Waals surface area contributed by atoms with Crippen LogP contribution in [0, 0.1) is 0 Å². The van der Waals surface area contributed by atoms with Gasteiger partial charge < -0.3 is 9.84 Å². The third-order valence-corrected chi connectivity index (χ3v) is 2.31. The molecule has 0 heterocycles. The Morgan fingerprint density at radius 2 is 2.06 bits per heavy atom. The van der Waals surface area contributed by atoms with Gasteiger partial charge in [-0.2, -0.15) is 0 Å². The molecule has 17 heavy (non-hydrogen) atoms. The van der Waals surface area contributed by atoms with Crippen molar-refractivity contribution in [2.75, 3.05) is 6.61 Å². The van der Waals surface area contributed by atoms with Crippen molar-refractivity contribution in [3.05, 3.63) is 47.7 Å². The molecule has 0 saturated heterocycles. The lowest BCUT2D eigenvalue weighted by Gasteiger charge is -2.02. The predicted molar refractivity (Wildman–Crippen MR) is 66.7 cm³/mol. The number of aliphatic hydroxyl groups excluding tert-OH is 1. The summed E-state index contributed by atoms with van der Waals surface area (Å²) in [5, 5.41) is 9.46. The number of carbonyl (C=O) groups excluding carboxylic acids is 1. The zero-order chi connectivity index (χ0) is 12.5. The molecule has 0 spiro atoms. The quantitative estimate of drug-likeness (QED) is 0.356. The van der Waals surface area contributed by atoms with Gasteiger partial charge in [0.15, 0.2) is 5.76 Å². The highest BCUT2D eigenvalue weighted by molar-refractivity contribution is 5.85. The van der Waals surface area contributed by atoms with Gasteiger partial charge in [-0.25, -0.2) is 4.79 Å². The van der Waals surface area contributed by atoms with Crippen LogP contribution in [-0.4, -0.2) is 17.7 Å². The van der Waals surface area contributed by atoms with E-state index in [0.29, 0.717) is 13.0 Å². The van der Waals surface area contributed by atoms with E-state index in [-0.39, 0.29) is 5.76 Å². The Balaban J connectivity index is 2.41. The number of allylic oxidation sites excluding steroid dienone is 1. The van der Waals surface area contributed by atoms with E-state index >= 15 is 0 Å². The Morgan fingerprint density at radius 3 is 2.71 bits per heavy atom. The molecule has 1 aromatic rings. The number of aliphatic hydroxyl groups is 1. The molecular weight excluding hydrogens is 216 g/mol. The second-order valence-electron chi connectivity index (χ2n) is 3.77. The molecule has 0 fully saturated rings. The summed E-state index contributed by atoms with van der Waals surface area (Å²) in [5.41, 5.74) is 1.04. The highest BCUT2D eigenvalue weighted by Gasteiger charge is 2.07. The summed E-state index contributed by atoms with van der Waals surface area (Å²) >= 11 is 0. The average Bonchev–Trinajstić information content (AvgIpc) is 2.37. The lowest BCUT2D eigenvalue weighted by atomic mass is 10.1. The van der Waals surface area contributed by atoms with E-state index < -0.39 is 5.97 Å². The van der Waals surface area contributed by atoms with Gasteiger partial charge in [0, 0.05) is 0 Å². The maximum absolute atomic E-state index is 11.3. The second kappa shape index (κ2) is 7.49. The molecule has 0 aliphatic heterocycles. The topological polar surface area (TPSA) is 46.5 Å². The van der Waals surface area contributed by atoms with Crippen molar-refractivity contribution in [1.82, 2.24) is 0 Å². The number of ether oxygens (including phenoxy) is 1. The van der Waals surface area contributed by atoms with Crippen molar-refractivity contribution < 1.29 is 14.6 Å². The Hall–Kier alpha value is -1.77. The monoisotopic (exact) mass is 234 g/mol. The largest absolute Gasteiger partial charge is 0.502 e. The second-order valence-corrected chi connectivity index (χ2v) is 3.77. The van der Waals surface area contributed by atoms with Gasteiger partial charge in [0.05, 0.1) is 6.61 Å². The molecule has 3 nitrogen and oxygen atoms in total. The van der Waals surface area contributed by atoms with Gasteiger partial charge in [-0.15, -0.1) is 0 Å². The number of rotatable bonds is 6. The van der Waals surface area contributed by atoms with Crippen LogP contribution in [-0.2, 0) is 16.0 Å². The van der Waals surface area contributed by atoms with E-state index in [1.807, 2.05) is 37.3 Å². The van der Waals surface area contributed by atoms with Crippen LogP contribution in [0.3, 0.4) is 0 Å². The normalized spacial score (nSPS) is 11.2. The van der Waals surface area contributed by atoms with E-state index in [1.165, 1.54) is 6.08 Å². The maximum Gasteiger partial charge on any atom is 0.373 e. The number of esters is 1. The standard InChI is InChI=1S/C14H18O3/c1-2-3-11-17-14(16)13(15)10-9-12-7-5-4-6-8-12/h4-8,10,15H,2-3,9,11H2,1H3. The van der Waals surface area contributed by atoms with Crippen LogP contribution < -0.4 is 0 Å². The molecule has 0 amide bonds. The highest BCUT2D eigenvalue weighted by atomic mass is 16.5. The summed E-state index contributed by atoms with van der Waals surface area (Å²) in [7, 11) is 0. The molecule has 3 heteroatoms. The maximum atomic E-state index is 11.3. The molecule has 1 N–H and O–H groups in total. The zero-order valence-electron chi connectivity index (χ0n) is 10.1. The van der Waals surface area contributed by atoms with Crippen molar-refractivity contribution in [2.45, 2.75) is 26.2 Å². The third kappa shape index (κ3) is 5.20. The molecule has 0 atom stereocenters. The Bertz CT molecular complexity index is 368. The number of hydrogen-bond donors (Lipinski definition) is 1. The SMILES string of the molecule is CCCCOC(=O)C(O)=CCc1ccccc1. The first-order valence-corrected chi connectivity index (χ1v) is 5.84. The van der Waals surface area contributed by atoms with Crippen LogP contribution >= 0.6 is 0 Å². The summed E-state index contributed by atoms with van der Waals surface area (Å²) in [6, 6.07) is 9.63. The fourth-order valence-corrected chi connectivity index (χ4v) is 1.30. The fraction of sp³-hybridized carbons (Fsp3) is 0.357. The molecule has 0 radical (unpaired) electrons.